The molecule has 4 unspecified atom stereocenters. The van der Waals surface area contributed by atoms with E-state index in [0.29, 0.717) is 43.9 Å². The summed E-state index contributed by atoms with van der Waals surface area (Å²) in [5, 5.41) is 25.9. The second-order valence-electron chi connectivity index (χ2n) is 29.6. The molecule has 0 aromatic heterocycles. The molecule has 8 amide bonds. The summed E-state index contributed by atoms with van der Waals surface area (Å²) in [5.74, 6) is -4.90. The number of likely N-dealkylation sites (tertiary alicyclic amines) is 2. The van der Waals surface area contributed by atoms with Crippen LogP contribution in [-0.4, -0.2) is 167 Å². The van der Waals surface area contributed by atoms with Gasteiger partial charge in [-0.3, -0.25) is 38.2 Å². The monoisotopic (exact) mass is 1450 g/mol. The molecular weight excluding hydrogens is 1350 g/mol. The van der Waals surface area contributed by atoms with E-state index in [-0.39, 0.29) is 38.8 Å². The van der Waals surface area contributed by atoms with Crippen molar-refractivity contribution in [3.8, 4) is 6.07 Å². The first-order chi connectivity index (χ1) is 45.9. The van der Waals surface area contributed by atoms with E-state index in [2.05, 4.69) is 76.9 Å². The molecule has 10 atom stereocenters. The van der Waals surface area contributed by atoms with Gasteiger partial charge in [-0.05, 0) is 139 Å². The molecule has 0 bridgehead atoms. The topological polar surface area (TPSA) is 388 Å². The van der Waals surface area contributed by atoms with Gasteiger partial charge in [0, 0.05) is 50.5 Å². The van der Waals surface area contributed by atoms with Gasteiger partial charge >= 0.3 is 12.2 Å². The van der Waals surface area contributed by atoms with E-state index < -0.39 is 159 Å². The van der Waals surface area contributed by atoms with Crippen molar-refractivity contribution in [3.63, 3.8) is 0 Å². The number of carbonyl (C=O) groups excluding carboxylic acids is 8. The van der Waals surface area contributed by atoms with Crippen molar-refractivity contribution >= 4 is 102 Å². The first kappa shape index (κ1) is 81.8. The Hall–Kier alpha value is -7.88. The quantitative estimate of drug-likeness (QED) is 0.0419. The van der Waals surface area contributed by atoms with E-state index >= 15 is 0 Å². The van der Waals surface area contributed by atoms with Crippen LogP contribution >= 0.6 is 24.4 Å². The van der Waals surface area contributed by atoms with Crippen molar-refractivity contribution < 1.29 is 64.7 Å². The van der Waals surface area contributed by atoms with Gasteiger partial charge in [0.25, 0.3) is 11.8 Å². The van der Waals surface area contributed by atoms with E-state index in [1.54, 1.807) is 89.2 Å². The molecule has 2 saturated heterocycles. The summed E-state index contributed by atoms with van der Waals surface area (Å²) in [7, 11) is -7.70. The summed E-state index contributed by atoms with van der Waals surface area (Å²) in [6, 6.07) is 16.2. The van der Waals surface area contributed by atoms with Gasteiger partial charge in [-0.25, -0.2) is 31.4 Å². The van der Waals surface area contributed by atoms with E-state index in [1.807, 2.05) is 60.7 Å². The average Bonchev–Trinajstić information content (AvgIpc) is 1.58. The van der Waals surface area contributed by atoms with Gasteiger partial charge in [0.1, 0.15) is 46.4 Å². The molecule has 544 valence electrons. The number of sulfonamides is 2. The fourth-order valence-corrected chi connectivity index (χ4v) is 14.1. The molecule has 10 N–H and O–H groups in total. The van der Waals surface area contributed by atoms with Gasteiger partial charge in [0.05, 0.1) is 28.3 Å². The molecule has 2 heterocycles. The summed E-state index contributed by atoms with van der Waals surface area (Å²) >= 11 is 9.97. The number of hydrogen-bond acceptors (Lipinski definition) is 19. The number of carbonyl (C=O) groups is 8. The highest BCUT2D eigenvalue weighted by atomic mass is 32.2. The minimum atomic E-state index is -3.87. The van der Waals surface area contributed by atoms with Crippen molar-refractivity contribution in [2.45, 2.75) is 223 Å². The maximum Gasteiger partial charge on any atom is 0.408 e. The summed E-state index contributed by atoms with van der Waals surface area (Å²) in [6.07, 6.45) is 3.96. The number of thiocarbonyl (C=S) groups is 2. The second-order valence-corrected chi connectivity index (χ2v) is 34.1. The van der Waals surface area contributed by atoms with Crippen molar-refractivity contribution in [3.05, 3.63) is 97.1 Å². The molecule has 99 heavy (non-hydrogen) atoms. The van der Waals surface area contributed by atoms with E-state index in [0.717, 1.165) is 5.56 Å². The highest BCUT2D eigenvalue weighted by Gasteiger charge is 2.63. The molecule has 8 rings (SSSR count). The maximum atomic E-state index is 14.3. The van der Waals surface area contributed by atoms with E-state index in [4.69, 9.17) is 32.7 Å². The highest BCUT2D eigenvalue weighted by Crippen LogP contribution is 2.47. The van der Waals surface area contributed by atoms with Gasteiger partial charge in [0.2, 0.25) is 43.7 Å². The number of alkyl carbamates (subject to hydrolysis) is 2. The predicted molar refractivity (Wildman–Crippen MR) is 381 cm³/mol. The molecule has 4 saturated carbocycles. The lowest BCUT2D eigenvalue weighted by molar-refractivity contribution is -0.143. The number of isothiocyanates is 1. The molecule has 2 aliphatic heterocycles. The maximum absolute atomic E-state index is 14.3. The van der Waals surface area contributed by atoms with Gasteiger partial charge in [-0.1, -0.05) is 114 Å². The number of ether oxygens (including phenoxy) is 2. The largest absolute Gasteiger partial charge is 0.444 e. The molecule has 2 aromatic rings. The van der Waals surface area contributed by atoms with Crippen LogP contribution in [0.4, 0.5) is 9.59 Å². The molecule has 4 aliphatic carbocycles. The Morgan fingerprint density at radius 2 is 1.05 bits per heavy atom. The van der Waals surface area contributed by atoms with Crippen LogP contribution in [0.25, 0.3) is 0 Å². The van der Waals surface area contributed by atoms with Crippen LogP contribution in [0, 0.1) is 34.0 Å². The van der Waals surface area contributed by atoms with Crippen LogP contribution < -0.4 is 47.1 Å². The summed E-state index contributed by atoms with van der Waals surface area (Å²) in [4.78, 5) is 114. The number of nitrogens with two attached hydrogens (primary N) is 1. The molecular formula is C68H99N13O14S4. The molecule has 31 heteroatoms. The van der Waals surface area contributed by atoms with Crippen molar-refractivity contribution in [1.29, 1.82) is 5.26 Å². The normalized spacial score (nSPS) is 23.6. The first-order valence-corrected chi connectivity index (χ1v) is 36.7. The molecule has 0 radical (unpaired) electrons. The van der Waals surface area contributed by atoms with E-state index in [9.17, 15) is 55.2 Å². The second kappa shape index (κ2) is 33.5. The molecule has 6 fully saturated rings. The fraction of sp³-hybridized carbons (Fsp3) is 0.603. The molecule has 27 nitrogen and oxygen atoms in total. The lowest BCUT2D eigenvalue weighted by atomic mass is 9.85. The third-order valence-corrected chi connectivity index (χ3v) is 20.7. The Labute approximate surface area is 593 Å². The standard InChI is InChI=1S/C33H48N6O7S2.C25H41N5O7S.C8H7NS.C2H3N/c1-8-21-17-33(21,28(42)38-48(44,45)23-14-15-23)37-26(40)24-16-22(35-29(47)34-18-20-12-10-9-11-13-20)19-39(24)27(41)25(31(2,3)4)36-30(43)46-32(5,6)7;1-8-14-12-25(14,21(33)29-38(35,36)16-9-10-16)28-19(31)17-11-15(26)13-30(17)20(32)18(23(2,3)4)27-22(34)37-24(5,6)7;10-7-9-6-8-4-2-1-3-5-8;1-2-3/h8-13,21-25H,1,14-19H2,2-7H3,(H,36,43)(H,37,40)(H,38,42)(H2,34,35,47);8,14-18H,1,9-13,26H2,2-7H3,(H,27,34)(H,28,31)(H,29,33);1-5H,6H2;1H3/t21?,22-,24+,25-,33?;14?,15-,17+,18-,25?;;/m11../s1. The Bertz CT molecular complexity index is 3630. The molecule has 0 spiro atoms. The number of nitrogens with one attached hydrogen (secondary N) is 8. The van der Waals surface area contributed by atoms with Crippen LogP contribution in [0.15, 0.2) is 91.0 Å². The minimum Gasteiger partial charge on any atom is -0.444 e. The summed E-state index contributed by atoms with van der Waals surface area (Å²) in [6.45, 7) is 31.0. The zero-order valence-electron chi connectivity index (χ0n) is 58.8. The fourth-order valence-electron chi connectivity index (χ4n) is 11.0. The molecule has 6 aliphatic rings. The predicted octanol–water partition coefficient (Wildman–Crippen LogP) is 5.57. The summed E-state index contributed by atoms with van der Waals surface area (Å²) in [5.41, 5.74) is 2.23. The SMILES string of the molecule is C=CC1CC1(NC(=O)[C@@H]1C[C@@H](N)CN1C(=O)[C@@H](NC(=O)OC(C)(C)C)C(C)(C)C)C(=O)NS(=O)(=O)C1CC1.C=CC1CC1(NC(=O)[C@@H]1C[C@@H](NC(=S)NCc2ccccc2)CN1C(=O)[C@@H](NC(=O)OC(C)(C)C)C(C)(C)C)C(=O)NS(=O)(=O)C1CC1.CC#N.S=C=NCc1ccccc1. The van der Waals surface area contributed by atoms with Crippen molar-refractivity contribution in [1.82, 2.24) is 51.1 Å². The number of aliphatic imine (C=N–C) groups is 1. The Morgan fingerprint density at radius 1 is 0.667 bits per heavy atom. The van der Waals surface area contributed by atoms with Crippen LogP contribution in [0.2, 0.25) is 0 Å². The van der Waals surface area contributed by atoms with Crippen molar-refractivity contribution in [2.24, 2.45) is 33.4 Å². The number of nitriles is 1. The zero-order chi connectivity index (χ0) is 74.4. The number of benzene rings is 2. The molecule has 2 aromatic carbocycles. The van der Waals surface area contributed by atoms with Gasteiger partial charge in [-0.2, -0.15) is 5.26 Å². The van der Waals surface area contributed by atoms with E-state index in [1.165, 1.54) is 34.4 Å². The van der Waals surface area contributed by atoms with Crippen LogP contribution in [0.5, 0.6) is 0 Å². The van der Waals surface area contributed by atoms with Crippen molar-refractivity contribution in [2.75, 3.05) is 13.1 Å². The summed E-state index contributed by atoms with van der Waals surface area (Å²) < 4.78 is 64.9. The lowest BCUT2D eigenvalue weighted by Crippen LogP contribution is -2.60. The van der Waals surface area contributed by atoms with Gasteiger partial charge < -0.3 is 56.9 Å². The van der Waals surface area contributed by atoms with Gasteiger partial charge in [-0.15, -0.1) is 13.2 Å². The van der Waals surface area contributed by atoms with Crippen LogP contribution in [-0.2, 0) is 71.4 Å². The average molecular weight is 1450 g/mol. The third-order valence-electron chi connectivity index (χ3n) is 16.7. The number of nitrogens with zero attached hydrogens (tertiary/aromatic N) is 4. The Balaban J connectivity index is 0.000000307. The number of amides is 8. The van der Waals surface area contributed by atoms with Crippen LogP contribution in [0.1, 0.15) is 153 Å². The van der Waals surface area contributed by atoms with Crippen LogP contribution in [0.3, 0.4) is 0 Å². The highest BCUT2D eigenvalue weighted by molar-refractivity contribution is 7.91. The third kappa shape index (κ3) is 23.9. The van der Waals surface area contributed by atoms with Gasteiger partial charge in [0.15, 0.2) is 5.11 Å². The number of hydrogen-bond donors (Lipinski definition) is 9. The zero-order valence-corrected chi connectivity index (χ0v) is 62.1. The minimum absolute atomic E-state index is 0.0623. The smallest absolute Gasteiger partial charge is 0.408 e. The first-order valence-electron chi connectivity index (χ1n) is 32.7. The lowest BCUT2D eigenvalue weighted by Gasteiger charge is -2.36. The number of rotatable bonds is 21. The Kier molecular flexibility index (Phi) is 27.7. The Morgan fingerprint density at radius 3 is 1.40 bits per heavy atom.